The molecule has 1 N–H and O–H groups in total. The van der Waals surface area contributed by atoms with Crippen LogP contribution in [0.3, 0.4) is 0 Å². The van der Waals surface area contributed by atoms with Gasteiger partial charge in [-0.15, -0.1) is 0 Å². The molecule has 4 nitrogen and oxygen atoms in total. The highest BCUT2D eigenvalue weighted by molar-refractivity contribution is 5.89. The molecule has 6 rings (SSSR count). The minimum atomic E-state index is -0.524. The zero-order chi connectivity index (χ0) is 20.9. The van der Waals surface area contributed by atoms with E-state index in [1.165, 1.54) is 38.5 Å². The van der Waals surface area contributed by atoms with E-state index in [4.69, 9.17) is 0 Å². The summed E-state index contributed by atoms with van der Waals surface area (Å²) in [6.07, 6.45) is 9.59. The third-order valence-electron chi connectivity index (χ3n) is 9.18. The number of benzene rings is 1. The van der Waals surface area contributed by atoms with Crippen LogP contribution in [0.2, 0.25) is 0 Å². The lowest BCUT2D eigenvalue weighted by atomic mass is 9.48. The molecule has 4 saturated carbocycles. The van der Waals surface area contributed by atoms with E-state index in [1.54, 1.807) is 6.92 Å². The van der Waals surface area contributed by atoms with Gasteiger partial charge in [-0.3, -0.25) is 9.59 Å². The van der Waals surface area contributed by atoms with Crippen LogP contribution in [0.4, 0.5) is 0 Å². The lowest BCUT2D eigenvalue weighted by Crippen LogP contribution is -2.59. The van der Waals surface area contributed by atoms with Gasteiger partial charge < -0.3 is 10.2 Å². The third kappa shape index (κ3) is 3.27. The molecule has 1 saturated heterocycles. The minimum Gasteiger partial charge on any atom is -0.352 e. The van der Waals surface area contributed by atoms with Gasteiger partial charge in [-0.1, -0.05) is 30.3 Å². The van der Waals surface area contributed by atoms with E-state index in [-0.39, 0.29) is 17.9 Å². The molecule has 5 fully saturated rings. The monoisotopic (exact) mass is 408 g/mol. The largest absolute Gasteiger partial charge is 0.352 e. The van der Waals surface area contributed by atoms with E-state index in [0.717, 1.165) is 23.3 Å². The number of carbonyl (C=O) groups excluding carboxylic acids is 2. The zero-order valence-corrected chi connectivity index (χ0v) is 18.5. The lowest BCUT2D eigenvalue weighted by molar-refractivity contribution is -0.137. The van der Waals surface area contributed by atoms with E-state index in [9.17, 15) is 9.59 Å². The molecule has 1 aromatic rings. The van der Waals surface area contributed by atoms with Gasteiger partial charge in [0.15, 0.2) is 0 Å². The predicted octanol–water partition coefficient (Wildman–Crippen LogP) is 4.29. The van der Waals surface area contributed by atoms with E-state index in [2.05, 4.69) is 24.4 Å². The number of rotatable bonds is 4. The molecule has 0 unspecified atom stereocenters. The van der Waals surface area contributed by atoms with Crippen molar-refractivity contribution in [1.29, 1.82) is 0 Å². The van der Waals surface area contributed by atoms with Gasteiger partial charge in [-0.2, -0.15) is 0 Å². The molecule has 2 amide bonds. The van der Waals surface area contributed by atoms with Gasteiger partial charge >= 0.3 is 0 Å². The topological polar surface area (TPSA) is 49.4 Å². The second kappa shape index (κ2) is 7.39. The van der Waals surface area contributed by atoms with Crippen LogP contribution in [0.15, 0.2) is 30.3 Å². The first-order chi connectivity index (χ1) is 14.4. The van der Waals surface area contributed by atoms with E-state index < -0.39 is 5.41 Å². The third-order valence-corrected chi connectivity index (χ3v) is 9.18. The number of nitrogens with zero attached hydrogens (tertiary/aromatic N) is 1. The molecular weight excluding hydrogens is 372 g/mol. The first-order valence-corrected chi connectivity index (χ1v) is 12.0. The Kier molecular flexibility index (Phi) is 4.95. The maximum Gasteiger partial charge on any atom is 0.231 e. The van der Waals surface area contributed by atoms with Gasteiger partial charge in [-0.05, 0) is 87.0 Å². The summed E-state index contributed by atoms with van der Waals surface area (Å²) >= 11 is 0. The number of nitrogens with one attached hydrogen (secondary N) is 1. The summed E-state index contributed by atoms with van der Waals surface area (Å²) in [4.78, 5) is 27.7. The second-order valence-electron chi connectivity index (χ2n) is 10.9. The summed E-state index contributed by atoms with van der Waals surface area (Å²) in [5, 5.41) is 3.55. The summed E-state index contributed by atoms with van der Waals surface area (Å²) in [6, 6.07) is 10.5. The van der Waals surface area contributed by atoms with Gasteiger partial charge in [0.1, 0.15) is 0 Å². The van der Waals surface area contributed by atoms with Crippen molar-refractivity contribution in [2.24, 2.45) is 23.2 Å². The first kappa shape index (κ1) is 20.1. The summed E-state index contributed by atoms with van der Waals surface area (Å²) in [7, 11) is 0. The summed E-state index contributed by atoms with van der Waals surface area (Å²) in [5.74, 6) is 2.95. The van der Waals surface area contributed by atoms with Crippen LogP contribution >= 0.6 is 0 Å². The van der Waals surface area contributed by atoms with Crippen LogP contribution in [0.1, 0.15) is 70.8 Å². The Morgan fingerprint density at radius 1 is 0.967 bits per heavy atom. The van der Waals surface area contributed by atoms with Crippen molar-refractivity contribution in [3.63, 3.8) is 0 Å². The molecular formula is C26H36N2O2. The molecule has 1 aliphatic heterocycles. The summed E-state index contributed by atoms with van der Waals surface area (Å²) < 4.78 is 0. The van der Waals surface area contributed by atoms with E-state index >= 15 is 0 Å². The van der Waals surface area contributed by atoms with Crippen LogP contribution < -0.4 is 5.32 Å². The zero-order valence-electron chi connectivity index (χ0n) is 18.5. The molecule has 30 heavy (non-hydrogen) atoms. The molecule has 4 bridgehead atoms. The number of amides is 2. The summed E-state index contributed by atoms with van der Waals surface area (Å²) in [6.45, 7) is 5.21. The number of likely N-dealkylation sites (tertiary alicyclic amines) is 1. The smallest absolute Gasteiger partial charge is 0.231 e. The van der Waals surface area contributed by atoms with Crippen molar-refractivity contribution in [3.8, 4) is 0 Å². The molecule has 0 spiro atoms. The average Bonchev–Trinajstić information content (AvgIpc) is 2.73. The highest BCUT2D eigenvalue weighted by Gasteiger charge is 2.54. The van der Waals surface area contributed by atoms with Gasteiger partial charge in [0, 0.05) is 26.1 Å². The number of piperidine rings is 1. The molecule has 5 aliphatic rings. The van der Waals surface area contributed by atoms with Crippen LogP contribution in [-0.2, 0) is 15.0 Å². The Morgan fingerprint density at radius 3 is 2.00 bits per heavy atom. The lowest BCUT2D eigenvalue weighted by Gasteiger charge is -2.59. The first-order valence-electron chi connectivity index (χ1n) is 12.0. The Bertz CT molecular complexity index is 774. The van der Waals surface area contributed by atoms with Crippen molar-refractivity contribution < 1.29 is 9.59 Å². The van der Waals surface area contributed by atoms with Gasteiger partial charge in [-0.25, -0.2) is 0 Å². The maximum absolute atomic E-state index is 13.9. The number of carbonyl (C=O) groups is 2. The Hall–Kier alpha value is -1.84. The van der Waals surface area contributed by atoms with Gasteiger partial charge in [0.2, 0.25) is 11.8 Å². The van der Waals surface area contributed by atoms with Crippen molar-refractivity contribution in [2.75, 3.05) is 13.1 Å². The predicted molar refractivity (Wildman–Crippen MR) is 118 cm³/mol. The Balaban J connectivity index is 1.37. The SMILES string of the molecule is CC(=O)N1CCC(C(=O)N[C@H](C)C23CC4CC(CC(C4)C2)C3)(c2ccccc2)CC1. The quantitative estimate of drug-likeness (QED) is 0.808. The highest BCUT2D eigenvalue weighted by atomic mass is 16.2. The van der Waals surface area contributed by atoms with Crippen molar-refractivity contribution >= 4 is 11.8 Å². The second-order valence-corrected chi connectivity index (χ2v) is 10.9. The Labute approximate surface area is 180 Å². The molecule has 4 aliphatic carbocycles. The minimum absolute atomic E-state index is 0.110. The maximum atomic E-state index is 13.9. The normalized spacial score (nSPS) is 35.1. The van der Waals surface area contributed by atoms with Crippen LogP contribution in [0, 0.1) is 23.2 Å². The Morgan fingerprint density at radius 2 is 1.50 bits per heavy atom. The van der Waals surface area contributed by atoms with Crippen LogP contribution in [0.25, 0.3) is 0 Å². The summed E-state index contributed by atoms with van der Waals surface area (Å²) in [5.41, 5.74) is 0.884. The fourth-order valence-corrected chi connectivity index (χ4v) is 7.80. The molecule has 162 valence electrons. The molecule has 0 aromatic heterocycles. The molecule has 1 heterocycles. The standard InChI is InChI=1S/C26H36N2O2/c1-18(25-15-20-12-21(16-25)14-22(13-20)17-25)27-24(30)26(23-6-4-3-5-7-23)8-10-28(11-9-26)19(2)29/h3-7,18,20-22H,8-17H2,1-2H3,(H,27,30)/t18-,20?,21?,22?,25?/m1/s1. The molecule has 1 atom stereocenters. The number of hydrogen-bond acceptors (Lipinski definition) is 2. The molecule has 0 radical (unpaired) electrons. The van der Waals surface area contributed by atoms with E-state index in [0.29, 0.717) is 31.3 Å². The fourth-order valence-electron chi connectivity index (χ4n) is 7.80. The highest BCUT2D eigenvalue weighted by Crippen LogP contribution is 2.61. The van der Waals surface area contributed by atoms with E-state index in [1.807, 2.05) is 23.1 Å². The fraction of sp³-hybridized carbons (Fsp3) is 0.692. The van der Waals surface area contributed by atoms with Crippen molar-refractivity contribution in [2.45, 2.75) is 76.7 Å². The van der Waals surface area contributed by atoms with Crippen LogP contribution in [0.5, 0.6) is 0 Å². The van der Waals surface area contributed by atoms with Crippen LogP contribution in [-0.4, -0.2) is 35.8 Å². The van der Waals surface area contributed by atoms with Crippen molar-refractivity contribution in [3.05, 3.63) is 35.9 Å². The molecule has 1 aromatic carbocycles. The van der Waals surface area contributed by atoms with Crippen molar-refractivity contribution in [1.82, 2.24) is 10.2 Å². The average molecular weight is 409 g/mol. The number of hydrogen-bond donors (Lipinski definition) is 1. The molecule has 4 heteroatoms. The van der Waals surface area contributed by atoms with Gasteiger partial charge in [0.05, 0.1) is 5.41 Å². The van der Waals surface area contributed by atoms with Gasteiger partial charge in [0.25, 0.3) is 0 Å².